The highest BCUT2D eigenvalue weighted by atomic mass is 35.5. The van der Waals surface area contributed by atoms with Crippen LogP contribution < -0.4 is 16.4 Å². The van der Waals surface area contributed by atoms with Gasteiger partial charge in [0.2, 0.25) is 0 Å². The number of carbonyl (C=O) groups excluding carboxylic acids is 1. The van der Waals surface area contributed by atoms with Crippen LogP contribution >= 0.6 is 12.4 Å². The molecule has 1 aromatic carbocycles. The number of urea groups is 1. The van der Waals surface area contributed by atoms with Crippen LogP contribution in [0.5, 0.6) is 0 Å². The van der Waals surface area contributed by atoms with Crippen LogP contribution in [0.1, 0.15) is 5.56 Å². The van der Waals surface area contributed by atoms with Gasteiger partial charge in [-0.05, 0) is 18.2 Å². The SMILES string of the molecule is Cl.NCCNC(=O)Nc1cccc(C(F)(F)F)c1. The quantitative estimate of drug-likeness (QED) is 0.796. The number of hydrogen-bond donors (Lipinski definition) is 3. The van der Waals surface area contributed by atoms with Gasteiger partial charge < -0.3 is 16.4 Å². The number of anilines is 1. The van der Waals surface area contributed by atoms with E-state index < -0.39 is 17.8 Å². The summed E-state index contributed by atoms with van der Waals surface area (Å²) in [6.45, 7) is 0.515. The summed E-state index contributed by atoms with van der Waals surface area (Å²) >= 11 is 0. The number of hydrogen-bond acceptors (Lipinski definition) is 2. The third-order valence-electron chi connectivity index (χ3n) is 1.88. The molecule has 4 N–H and O–H groups in total. The number of halogens is 4. The number of rotatable bonds is 3. The smallest absolute Gasteiger partial charge is 0.337 e. The van der Waals surface area contributed by atoms with E-state index in [0.29, 0.717) is 0 Å². The Balaban J connectivity index is 0.00000289. The van der Waals surface area contributed by atoms with Crippen molar-refractivity contribution < 1.29 is 18.0 Å². The maximum atomic E-state index is 12.4. The van der Waals surface area contributed by atoms with Gasteiger partial charge in [-0.15, -0.1) is 12.4 Å². The van der Waals surface area contributed by atoms with E-state index in [4.69, 9.17) is 5.73 Å². The first-order valence-electron chi connectivity index (χ1n) is 4.85. The normalized spacial score (nSPS) is 10.4. The minimum absolute atomic E-state index is 0. The van der Waals surface area contributed by atoms with Crippen molar-refractivity contribution in [2.75, 3.05) is 18.4 Å². The number of nitrogens with two attached hydrogens (primary N) is 1. The highest BCUT2D eigenvalue weighted by Crippen LogP contribution is 2.30. The molecule has 0 aliphatic carbocycles. The summed E-state index contributed by atoms with van der Waals surface area (Å²) in [6.07, 6.45) is -4.43. The van der Waals surface area contributed by atoms with Crippen LogP contribution in [0, 0.1) is 0 Å². The van der Waals surface area contributed by atoms with Crippen molar-refractivity contribution >= 4 is 24.1 Å². The lowest BCUT2D eigenvalue weighted by Gasteiger charge is -2.10. The fourth-order valence-corrected chi connectivity index (χ4v) is 1.13. The van der Waals surface area contributed by atoms with Crippen LogP contribution in [0.4, 0.5) is 23.7 Å². The van der Waals surface area contributed by atoms with E-state index in [-0.39, 0.29) is 31.2 Å². The molecule has 1 rings (SSSR count). The van der Waals surface area contributed by atoms with Crippen molar-refractivity contribution in [1.29, 1.82) is 0 Å². The topological polar surface area (TPSA) is 67.1 Å². The van der Waals surface area contributed by atoms with Crippen molar-refractivity contribution in [2.24, 2.45) is 5.73 Å². The van der Waals surface area contributed by atoms with Crippen LogP contribution in [-0.4, -0.2) is 19.1 Å². The van der Waals surface area contributed by atoms with Gasteiger partial charge in [-0.3, -0.25) is 0 Å². The fraction of sp³-hybridized carbons (Fsp3) is 0.300. The number of amides is 2. The average Bonchev–Trinajstić information content (AvgIpc) is 2.25. The first-order chi connectivity index (χ1) is 7.93. The van der Waals surface area contributed by atoms with Gasteiger partial charge in [0.25, 0.3) is 0 Å². The van der Waals surface area contributed by atoms with E-state index in [9.17, 15) is 18.0 Å². The molecule has 8 heteroatoms. The van der Waals surface area contributed by atoms with E-state index in [2.05, 4.69) is 10.6 Å². The lowest BCUT2D eigenvalue weighted by atomic mass is 10.2. The van der Waals surface area contributed by atoms with Crippen LogP contribution in [0.15, 0.2) is 24.3 Å². The lowest BCUT2D eigenvalue weighted by molar-refractivity contribution is -0.137. The molecule has 0 aliphatic rings. The lowest BCUT2D eigenvalue weighted by Crippen LogP contribution is -2.32. The Morgan fingerprint density at radius 2 is 2.00 bits per heavy atom. The zero-order valence-corrected chi connectivity index (χ0v) is 10.1. The molecule has 0 fully saturated rings. The molecule has 0 aromatic heterocycles. The van der Waals surface area contributed by atoms with Crippen molar-refractivity contribution in [3.05, 3.63) is 29.8 Å². The Hall–Kier alpha value is -1.47. The van der Waals surface area contributed by atoms with Crippen LogP contribution in [0.2, 0.25) is 0 Å². The van der Waals surface area contributed by atoms with Crippen molar-refractivity contribution in [3.63, 3.8) is 0 Å². The molecular weight excluding hydrogens is 271 g/mol. The largest absolute Gasteiger partial charge is 0.416 e. The average molecular weight is 284 g/mol. The summed E-state index contributed by atoms with van der Waals surface area (Å²) in [4.78, 5) is 11.2. The Morgan fingerprint density at radius 1 is 1.33 bits per heavy atom. The highest BCUT2D eigenvalue weighted by Gasteiger charge is 2.30. The Bertz CT molecular complexity index is 398. The van der Waals surface area contributed by atoms with Crippen molar-refractivity contribution in [1.82, 2.24) is 5.32 Å². The Kier molecular flexibility index (Phi) is 6.50. The predicted molar refractivity (Wildman–Crippen MR) is 64.8 cm³/mol. The summed E-state index contributed by atoms with van der Waals surface area (Å²) < 4.78 is 37.1. The molecule has 18 heavy (non-hydrogen) atoms. The molecule has 2 amide bonds. The number of benzene rings is 1. The van der Waals surface area contributed by atoms with Gasteiger partial charge >= 0.3 is 12.2 Å². The van der Waals surface area contributed by atoms with Crippen LogP contribution in [-0.2, 0) is 6.18 Å². The summed E-state index contributed by atoms with van der Waals surface area (Å²) in [7, 11) is 0. The molecule has 0 atom stereocenters. The van der Waals surface area contributed by atoms with Gasteiger partial charge in [-0.1, -0.05) is 6.07 Å². The monoisotopic (exact) mass is 283 g/mol. The first kappa shape index (κ1) is 16.5. The summed E-state index contributed by atoms with van der Waals surface area (Å²) in [6, 6.07) is 3.80. The van der Waals surface area contributed by atoms with Gasteiger partial charge in [0, 0.05) is 18.8 Å². The minimum Gasteiger partial charge on any atom is -0.337 e. The van der Waals surface area contributed by atoms with E-state index in [0.717, 1.165) is 12.1 Å². The second-order valence-corrected chi connectivity index (χ2v) is 3.25. The molecule has 0 spiro atoms. The third kappa shape index (κ3) is 5.24. The first-order valence-corrected chi connectivity index (χ1v) is 4.85. The molecule has 0 saturated heterocycles. The van der Waals surface area contributed by atoms with E-state index in [1.54, 1.807) is 0 Å². The molecule has 0 unspecified atom stereocenters. The fourth-order valence-electron chi connectivity index (χ4n) is 1.13. The van der Waals surface area contributed by atoms with Gasteiger partial charge in [0.1, 0.15) is 0 Å². The molecule has 0 heterocycles. The van der Waals surface area contributed by atoms with E-state index >= 15 is 0 Å². The van der Waals surface area contributed by atoms with E-state index in [1.807, 2.05) is 0 Å². The molecule has 4 nitrogen and oxygen atoms in total. The molecule has 0 saturated carbocycles. The standard InChI is InChI=1S/C10H12F3N3O.ClH/c11-10(12,13)7-2-1-3-8(6-7)16-9(17)15-5-4-14;/h1-3,6H,4-5,14H2,(H2,15,16,17);1H. The van der Waals surface area contributed by atoms with Gasteiger partial charge in [0.15, 0.2) is 0 Å². The highest BCUT2D eigenvalue weighted by molar-refractivity contribution is 5.89. The molecule has 1 aromatic rings. The Morgan fingerprint density at radius 3 is 2.56 bits per heavy atom. The maximum Gasteiger partial charge on any atom is 0.416 e. The second kappa shape index (κ2) is 7.07. The molecule has 102 valence electrons. The zero-order valence-electron chi connectivity index (χ0n) is 9.25. The summed E-state index contributed by atoms with van der Waals surface area (Å²) in [5.41, 5.74) is 4.43. The molecule has 0 radical (unpaired) electrons. The number of carbonyl (C=O) groups is 1. The van der Waals surface area contributed by atoms with E-state index in [1.165, 1.54) is 12.1 Å². The minimum atomic E-state index is -4.43. The van der Waals surface area contributed by atoms with Crippen molar-refractivity contribution in [3.8, 4) is 0 Å². The van der Waals surface area contributed by atoms with Gasteiger partial charge in [-0.2, -0.15) is 13.2 Å². The molecule has 0 aliphatic heterocycles. The third-order valence-corrected chi connectivity index (χ3v) is 1.88. The molecule has 0 bridgehead atoms. The summed E-state index contributed by atoms with van der Waals surface area (Å²) in [5.74, 6) is 0. The van der Waals surface area contributed by atoms with Crippen LogP contribution in [0.25, 0.3) is 0 Å². The van der Waals surface area contributed by atoms with Gasteiger partial charge in [0.05, 0.1) is 5.56 Å². The number of alkyl halides is 3. The maximum absolute atomic E-state index is 12.4. The number of nitrogens with one attached hydrogen (secondary N) is 2. The van der Waals surface area contributed by atoms with Crippen molar-refractivity contribution in [2.45, 2.75) is 6.18 Å². The zero-order chi connectivity index (χ0) is 12.9. The van der Waals surface area contributed by atoms with Crippen LogP contribution in [0.3, 0.4) is 0 Å². The molecular formula is C10H13ClF3N3O. The second-order valence-electron chi connectivity index (χ2n) is 3.25. The summed E-state index contributed by atoms with van der Waals surface area (Å²) in [5, 5.41) is 4.67. The predicted octanol–water partition coefficient (Wildman–Crippen LogP) is 2.21. The Labute approximate surface area is 108 Å². The van der Waals surface area contributed by atoms with Gasteiger partial charge in [-0.25, -0.2) is 4.79 Å².